The number of hydrogen-bond acceptors (Lipinski definition) is 5. The van der Waals surface area contributed by atoms with Crippen molar-refractivity contribution in [2.45, 2.75) is 12.5 Å². The number of carboxylic acid groups (broad SMARTS) is 1. The second-order valence-electron chi connectivity index (χ2n) is 5.00. The van der Waals surface area contributed by atoms with Crippen molar-refractivity contribution in [3.05, 3.63) is 59.4 Å². The van der Waals surface area contributed by atoms with Crippen LogP contribution in [-0.2, 0) is 11.2 Å². The molecule has 1 atom stereocenters. The maximum absolute atomic E-state index is 10.8. The summed E-state index contributed by atoms with van der Waals surface area (Å²) in [5.41, 5.74) is 14.0. The number of nitrogens with zero attached hydrogens (tertiary/aromatic N) is 2. The quantitative estimate of drug-likeness (QED) is 0.570. The number of aromatic nitrogens is 1. The van der Waals surface area contributed by atoms with Crippen molar-refractivity contribution in [3.8, 4) is 6.07 Å². The molecule has 0 spiro atoms. The summed E-state index contributed by atoms with van der Waals surface area (Å²) < 4.78 is 0. The molecule has 0 saturated carbocycles. The minimum atomic E-state index is -1.09. The highest BCUT2D eigenvalue weighted by molar-refractivity contribution is 5.88. The molecule has 2 rings (SSSR count). The fourth-order valence-corrected chi connectivity index (χ4v) is 1.98. The third-order valence-electron chi connectivity index (χ3n) is 3.20. The van der Waals surface area contributed by atoms with E-state index in [9.17, 15) is 10.1 Å². The van der Waals surface area contributed by atoms with E-state index in [1.165, 1.54) is 0 Å². The third kappa shape index (κ3) is 4.40. The molecule has 116 valence electrons. The van der Waals surface area contributed by atoms with Crippen LogP contribution in [0.2, 0.25) is 0 Å². The highest BCUT2D eigenvalue weighted by Crippen LogP contribution is 2.17. The number of aliphatic carboxylic acids is 1. The van der Waals surface area contributed by atoms with Crippen molar-refractivity contribution in [2.75, 3.05) is 5.73 Å². The Morgan fingerprint density at radius 1 is 1.30 bits per heavy atom. The average Bonchev–Trinajstić information content (AvgIpc) is 2.54. The van der Waals surface area contributed by atoms with Gasteiger partial charge in [0.15, 0.2) is 0 Å². The second-order valence-corrected chi connectivity index (χ2v) is 5.00. The van der Waals surface area contributed by atoms with E-state index >= 15 is 0 Å². The first-order valence-corrected chi connectivity index (χ1v) is 6.91. The predicted octanol–water partition coefficient (Wildman–Crippen LogP) is 1.68. The molecule has 23 heavy (non-hydrogen) atoms. The molecule has 1 heterocycles. The van der Waals surface area contributed by atoms with Crippen LogP contribution in [0.4, 0.5) is 5.69 Å². The van der Waals surface area contributed by atoms with Crippen LogP contribution >= 0.6 is 0 Å². The minimum absolute atomic E-state index is 0.101. The molecular weight excluding hydrogens is 292 g/mol. The summed E-state index contributed by atoms with van der Waals surface area (Å²) in [6.45, 7) is 0. The molecule has 0 amide bonds. The van der Waals surface area contributed by atoms with Crippen LogP contribution in [0.1, 0.15) is 17.0 Å². The van der Waals surface area contributed by atoms with Crippen molar-refractivity contribution in [3.63, 3.8) is 0 Å². The van der Waals surface area contributed by atoms with Gasteiger partial charge in [0.05, 0.1) is 11.3 Å². The zero-order chi connectivity index (χ0) is 16.8. The SMILES string of the molecule is N#CC(=Cc1ccc(N)cc1)c1cccc(CC(N)C(=O)O)n1. The van der Waals surface area contributed by atoms with Gasteiger partial charge in [-0.15, -0.1) is 0 Å². The second kappa shape index (κ2) is 7.20. The van der Waals surface area contributed by atoms with E-state index in [2.05, 4.69) is 11.1 Å². The van der Waals surface area contributed by atoms with E-state index < -0.39 is 12.0 Å². The summed E-state index contributed by atoms with van der Waals surface area (Å²) in [4.78, 5) is 15.1. The van der Waals surface area contributed by atoms with Gasteiger partial charge in [-0.05, 0) is 35.9 Å². The lowest BCUT2D eigenvalue weighted by atomic mass is 10.1. The zero-order valence-corrected chi connectivity index (χ0v) is 12.3. The summed E-state index contributed by atoms with van der Waals surface area (Å²) in [5, 5.41) is 18.2. The van der Waals surface area contributed by atoms with Gasteiger partial charge in [0.25, 0.3) is 0 Å². The Balaban J connectivity index is 2.30. The fourth-order valence-electron chi connectivity index (χ4n) is 1.98. The number of hydrogen-bond donors (Lipinski definition) is 3. The number of benzene rings is 1. The number of pyridine rings is 1. The van der Waals surface area contributed by atoms with Gasteiger partial charge in [0, 0.05) is 17.8 Å². The summed E-state index contributed by atoms with van der Waals surface area (Å²) in [5.74, 6) is -1.09. The zero-order valence-electron chi connectivity index (χ0n) is 12.3. The van der Waals surface area contributed by atoms with Crippen molar-refractivity contribution in [1.29, 1.82) is 5.26 Å². The van der Waals surface area contributed by atoms with Crippen molar-refractivity contribution in [1.82, 2.24) is 4.98 Å². The molecule has 1 aromatic heterocycles. The van der Waals surface area contributed by atoms with Gasteiger partial charge in [-0.25, -0.2) is 0 Å². The number of nitrogen functional groups attached to an aromatic ring is 1. The number of allylic oxidation sites excluding steroid dienone is 1. The van der Waals surface area contributed by atoms with Gasteiger partial charge >= 0.3 is 5.97 Å². The predicted molar refractivity (Wildman–Crippen MR) is 87.9 cm³/mol. The van der Waals surface area contributed by atoms with E-state index in [1.807, 2.05) is 0 Å². The lowest BCUT2D eigenvalue weighted by Crippen LogP contribution is -2.32. The molecule has 0 aliphatic heterocycles. The first-order chi connectivity index (χ1) is 11.0. The number of nitriles is 1. The van der Waals surface area contributed by atoms with Crippen LogP contribution in [0.15, 0.2) is 42.5 Å². The molecule has 6 heteroatoms. The van der Waals surface area contributed by atoms with Gasteiger partial charge < -0.3 is 16.6 Å². The Kier molecular flexibility index (Phi) is 5.07. The summed E-state index contributed by atoms with van der Waals surface area (Å²) in [6, 6.07) is 13.3. The van der Waals surface area contributed by atoms with Crippen LogP contribution in [0.3, 0.4) is 0 Å². The fraction of sp³-hybridized carbons (Fsp3) is 0.118. The van der Waals surface area contributed by atoms with Crippen LogP contribution in [-0.4, -0.2) is 22.1 Å². The van der Waals surface area contributed by atoms with Crippen molar-refractivity contribution >= 4 is 23.3 Å². The average molecular weight is 308 g/mol. The van der Waals surface area contributed by atoms with E-state index in [0.717, 1.165) is 5.56 Å². The Morgan fingerprint density at radius 2 is 2.00 bits per heavy atom. The molecule has 5 N–H and O–H groups in total. The monoisotopic (exact) mass is 308 g/mol. The number of rotatable bonds is 5. The lowest BCUT2D eigenvalue weighted by Gasteiger charge is -2.07. The highest BCUT2D eigenvalue weighted by atomic mass is 16.4. The Labute approximate surface area is 133 Å². The van der Waals surface area contributed by atoms with Crippen LogP contribution < -0.4 is 11.5 Å². The van der Waals surface area contributed by atoms with Crippen LogP contribution in [0, 0.1) is 11.3 Å². The van der Waals surface area contributed by atoms with Crippen molar-refractivity contribution < 1.29 is 9.90 Å². The lowest BCUT2D eigenvalue weighted by molar-refractivity contribution is -0.138. The highest BCUT2D eigenvalue weighted by Gasteiger charge is 2.13. The molecule has 6 nitrogen and oxygen atoms in total. The molecule has 0 saturated heterocycles. The number of nitrogens with two attached hydrogens (primary N) is 2. The topological polar surface area (TPSA) is 126 Å². The normalized spacial score (nSPS) is 12.4. The number of carbonyl (C=O) groups is 1. The smallest absolute Gasteiger partial charge is 0.320 e. The number of carboxylic acids is 1. The van der Waals surface area contributed by atoms with Crippen LogP contribution in [0.5, 0.6) is 0 Å². The number of anilines is 1. The van der Waals surface area contributed by atoms with Crippen molar-refractivity contribution in [2.24, 2.45) is 5.73 Å². The minimum Gasteiger partial charge on any atom is -0.480 e. The molecule has 0 aliphatic carbocycles. The Bertz CT molecular complexity index is 776. The van der Waals surface area contributed by atoms with Crippen LogP contribution in [0.25, 0.3) is 11.6 Å². The molecule has 1 aromatic carbocycles. The maximum atomic E-state index is 10.8. The Morgan fingerprint density at radius 3 is 2.61 bits per heavy atom. The summed E-state index contributed by atoms with van der Waals surface area (Å²) in [6.07, 6.45) is 1.80. The molecule has 1 unspecified atom stereocenters. The van der Waals surface area contributed by atoms with Gasteiger partial charge in [-0.2, -0.15) is 5.26 Å². The first kappa shape index (κ1) is 16.2. The van der Waals surface area contributed by atoms with Gasteiger partial charge in [0.2, 0.25) is 0 Å². The summed E-state index contributed by atoms with van der Waals surface area (Å²) >= 11 is 0. The molecule has 0 radical (unpaired) electrons. The maximum Gasteiger partial charge on any atom is 0.320 e. The molecule has 2 aromatic rings. The largest absolute Gasteiger partial charge is 0.480 e. The first-order valence-electron chi connectivity index (χ1n) is 6.91. The molecule has 0 fully saturated rings. The van der Waals surface area contributed by atoms with E-state index in [1.54, 1.807) is 48.5 Å². The summed E-state index contributed by atoms with van der Waals surface area (Å²) in [7, 11) is 0. The van der Waals surface area contributed by atoms with Gasteiger partial charge in [-0.3, -0.25) is 9.78 Å². The van der Waals surface area contributed by atoms with E-state index in [-0.39, 0.29) is 6.42 Å². The molecule has 0 aliphatic rings. The third-order valence-corrected chi connectivity index (χ3v) is 3.20. The molecular formula is C17H16N4O2. The van der Waals surface area contributed by atoms with Gasteiger partial charge in [0.1, 0.15) is 12.1 Å². The van der Waals surface area contributed by atoms with E-state index in [4.69, 9.17) is 16.6 Å². The molecule has 0 bridgehead atoms. The standard InChI is InChI=1S/C17H16N4O2/c18-10-12(8-11-4-6-13(19)7-5-11)16-3-1-2-14(21-16)9-15(20)17(22)23/h1-8,15H,9,19-20H2,(H,22,23). The van der Waals surface area contributed by atoms with Gasteiger partial charge in [-0.1, -0.05) is 18.2 Å². The van der Waals surface area contributed by atoms with E-state index in [0.29, 0.717) is 22.6 Å². The Hall–Kier alpha value is -3.17.